The van der Waals surface area contributed by atoms with E-state index in [1.807, 2.05) is 0 Å². The molecule has 0 aromatic carbocycles. The average molecular weight is 201 g/mol. The minimum Gasteiger partial charge on any atom is -0.480 e. The predicted octanol–water partition coefficient (Wildman–Crippen LogP) is -1.07. The number of carbonyl (C=O) groups excluding carboxylic acids is 1. The number of carboxylic acid groups (broad SMARTS) is 1. The van der Waals surface area contributed by atoms with Gasteiger partial charge in [-0.05, 0) is 0 Å². The Morgan fingerprint density at radius 1 is 1.50 bits per heavy atom. The SMILES string of the molecule is CNC(=O)N1CC(CNCC(=O)O)C1. The number of hydrogen-bond acceptors (Lipinski definition) is 3. The van der Waals surface area contributed by atoms with Crippen LogP contribution in [0.15, 0.2) is 0 Å². The third-order valence-corrected chi connectivity index (χ3v) is 2.17. The molecule has 0 aromatic rings. The van der Waals surface area contributed by atoms with Crippen molar-refractivity contribution >= 4 is 12.0 Å². The van der Waals surface area contributed by atoms with Gasteiger partial charge < -0.3 is 20.6 Å². The summed E-state index contributed by atoms with van der Waals surface area (Å²) in [5.41, 5.74) is 0. The van der Waals surface area contributed by atoms with E-state index < -0.39 is 5.97 Å². The Labute approximate surface area is 82.3 Å². The molecule has 0 bridgehead atoms. The van der Waals surface area contributed by atoms with Crippen molar-refractivity contribution in [2.24, 2.45) is 5.92 Å². The Morgan fingerprint density at radius 2 is 2.14 bits per heavy atom. The standard InChI is InChI=1S/C8H15N3O3/c1-9-8(14)11-4-6(5-11)2-10-3-7(12)13/h6,10H,2-5H2,1H3,(H,9,14)(H,12,13). The zero-order chi connectivity index (χ0) is 10.6. The topological polar surface area (TPSA) is 81.7 Å². The largest absolute Gasteiger partial charge is 0.480 e. The molecule has 0 unspecified atom stereocenters. The maximum atomic E-state index is 11.0. The number of nitrogens with zero attached hydrogens (tertiary/aromatic N) is 1. The molecular formula is C8H15N3O3. The molecule has 3 N–H and O–H groups in total. The van der Waals surface area contributed by atoms with E-state index in [-0.39, 0.29) is 12.6 Å². The highest BCUT2D eigenvalue weighted by molar-refractivity contribution is 5.74. The molecule has 0 aliphatic carbocycles. The van der Waals surface area contributed by atoms with E-state index in [2.05, 4.69) is 10.6 Å². The molecule has 0 radical (unpaired) electrons. The zero-order valence-electron chi connectivity index (χ0n) is 8.12. The Morgan fingerprint density at radius 3 is 2.64 bits per heavy atom. The van der Waals surface area contributed by atoms with E-state index in [9.17, 15) is 9.59 Å². The van der Waals surface area contributed by atoms with Crippen molar-refractivity contribution < 1.29 is 14.7 Å². The summed E-state index contributed by atoms with van der Waals surface area (Å²) in [5, 5.41) is 13.7. The predicted molar refractivity (Wildman–Crippen MR) is 50.0 cm³/mol. The van der Waals surface area contributed by atoms with Gasteiger partial charge in [-0.15, -0.1) is 0 Å². The van der Waals surface area contributed by atoms with E-state index in [0.717, 1.165) is 0 Å². The van der Waals surface area contributed by atoms with Gasteiger partial charge in [0.25, 0.3) is 0 Å². The van der Waals surface area contributed by atoms with Gasteiger partial charge in [-0.25, -0.2) is 4.79 Å². The maximum absolute atomic E-state index is 11.0. The fraction of sp³-hybridized carbons (Fsp3) is 0.750. The monoisotopic (exact) mass is 201 g/mol. The molecule has 6 nitrogen and oxygen atoms in total. The Bertz CT molecular complexity index is 226. The number of carboxylic acids is 1. The zero-order valence-corrected chi connectivity index (χ0v) is 8.12. The van der Waals surface area contributed by atoms with Crippen LogP contribution in [0.5, 0.6) is 0 Å². The lowest BCUT2D eigenvalue weighted by Gasteiger charge is -2.38. The molecule has 80 valence electrons. The molecule has 0 saturated carbocycles. The van der Waals surface area contributed by atoms with Crippen LogP contribution in [0.3, 0.4) is 0 Å². The lowest BCUT2D eigenvalue weighted by atomic mass is 10.0. The highest BCUT2D eigenvalue weighted by Crippen LogP contribution is 2.13. The molecule has 0 aromatic heterocycles. The van der Waals surface area contributed by atoms with Crippen LogP contribution >= 0.6 is 0 Å². The summed E-state index contributed by atoms with van der Waals surface area (Å²) in [7, 11) is 1.60. The lowest BCUT2D eigenvalue weighted by Crippen LogP contribution is -2.55. The van der Waals surface area contributed by atoms with Crippen LogP contribution in [-0.4, -0.2) is 55.2 Å². The Balaban J connectivity index is 2.04. The summed E-state index contributed by atoms with van der Waals surface area (Å²) in [5.74, 6) is -0.473. The second-order valence-electron chi connectivity index (χ2n) is 3.35. The van der Waals surface area contributed by atoms with Crippen molar-refractivity contribution in [2.75, 3.05) is 33.2 Å². The van der Waals surface area contributed by atoms with Gasteiger partial charge in [-0.3, -0.25) is 4.79 Å². The average Bonchev–Trinajstić information content (AvgIpc) is 2.07. The molecule has 0 atom stereocenters. The van der Waals surface area contributed by atoms with E-state index in [1.165, 1.54) is 0 Å². The van der Waals surface area contributed by atoms with Crippen LogP contribution in [0.1, 0.15) is 0 Å². The highest BCUT2D eigenvalue weighted by Gasteiger charge is 2.29. The number of rotatable bonds is 4. The molecule has 1 aliphatic heterocycles. The van der Waals surface area contributed by atoms with Gasteiger partial charge in [0.1, 0.15) is 0 Å². The molecule has 1 saturated heterocycles. The third-order valence-electron chi connectivity index (χ3n) is 2.17. The van der Waals surface area contributed by atoms with Gasteiger partial charge in [0, 0.05) is 32.6 Å². The van der Waals surface area contributed by atoms with Gasteiger partial charge in [-0.2, -0.15) is 0 Å². The number of amides is 2. The lowest BCUT2D eigenvalue weighted by molar-refractivity contribution is -0.136. The minimum atomic E-state index is -0.854. The smallest absolute Gasteiger partial charge is 0.317 e. The van der Waals surface area contributed by atoms with Crippen LogP contribution in [0.25, 0.3) is 0 Å². The first-order valence-corrected chi connectivity index (χ1v) is 4.52. The number of nitrogens with one attached hydrogen (secondary N) is 2. The van der Waals surface area contributed by atoms with Gasteiger partial charge in [-0.1, -0.05) is 0 Å². The fourth-order valence-electron chi connectivity index (χ4n) is 1.41. The van der Waals surface area contributed by atoms with Crippen LogP contribution in [-0.2, 0) is 4.79 Å². The Hall–Kier alpha value is -1.30. The second-order valence-corrected chi connectivity index (χ2v) is 3.35. The maximum Gasteiger partial charge on any atom is 0.317 e. The van der Waals surface area contributed by atoms with E-state index in [0.29, 0.717) is 25.6 Å². The fourth-order valence-corrected chi connectivity index (χ4v) is 1.41. The molecule has 1 fully saturated rings. The molecule has 1 aliphatic rings. The molecule has 1 rings (SSSR count). The van der Waals surface area contributed by atoms with Gasteiger partial charge in [0.05, 0.1) is 6.54 Å². The molecule has 0 spiro atoms. The number of likely N-dealkylation sites (tertiary alicyclic amines) is 1. The third kappa shape index (κ3) is 2.88. The molecule has 14 heavy (non-hydrogen) atoms. The molecular weight excluding hydrogens is 186 g/mol. The minimum absolute atomic E-state index is 0.0174. The van der Waals surface area contributed by atoms with Crippen molar-refractivity contribution in [1.82, 2.24) is 15.5 Å². The van der Waals surface area contributed by atoms with E-state index >= 15 is 0 Å². The van der Waals surface area contributed by atoms with Crippen molar-refractivity contribution in [3.8, 4) is 0 Å². The first kappa shape index (κ1) is 10.8. The summed E-state index contributed by atoms with van der Waals surface area (Å²) in [6, 6.07) is -0.0699. The van der Waals surface area contributed by atoms with Gasteiger partial charge in [0.2, 0.25) is 0 Å². The summed E-state index contributed by atoms with van der Waals surface area (Å²) in [4.78, 5) is 22.9. The summed E-state index contributed by atoms with van der Waals surface area (Å²) >= 11 is 0. The number of urea groups is 1. The number of aliphatic carboxylic acids is 1. The Kier molecular flexibility index (Phi) is 3.70. The molecule has 6 heteroatoms. The first-order chi connectivity index (χ1) is 6.63. The molecule has 2 amide bonds. The first-order valence-electron chi connectivity index (χ1n) is 4.52. The van der Waals surface area contributed by atoms with Crippen molar-refractivity contribution in [2.45, 2.75) is 0 Å². The summed E-state index contributed by atoms with van der Waals surface area (Å²) < 4.78 is 0. The van der Waals surface area contributed by atoms with Crippen molar-refractivity contribution in [3.63, 3.8) is 0 Å². The normalized spacial score (nSPS) is 16.2. The van der Waals surface area contributed by atoms with Crippen LogP contribution in [0, 0.1) is 5.92 Å². The van der Waals surface area contributed by atoms with Crippen LogP contribution in [0.4, 0.5) is 4.79 Å². The van der Waals surface area contributed by atoms with E-state index in [1.54, 1.807) is 11.9 Å². The van der Waals surface area contributed by atoms with Crippen molar-refractivity contribution in [1.29, 1.82) is 0 Å². The molecule has 1 heterocycles. The number of carbonyl (C=O) groups is 2. The van der Waals surface area contributed by atoms with Gasteiger partial charge in [0.15, 0.2) is 0 Å². The van der Waals surface area contributed by atoms with E-state index in [4.69, 9.17) is 5.11 Å². The second kappa shape index (κ2) is 4.80. The van der Waals surface area contributed by atoms with Gasteiger partial charge >= 0.3 is 12.0 Å². The van der Waals surface area contributed by atoms with Crippen LogP contribution in [0.2, 0.25) is 0 Å². The van der Waals surface area contributed by atoms with Crippen molar-refractivity contribution in [3.05, 3.63) is 0 Å². The summed E-state index contributed by atoms with van der Waals surface area (Å²) in [6.07, 6.45) is 0. The highest BCUT2D eigenvalue weighted by atomic mass is 16.4. The quantitative estimate of drug-likeness (QED) is 0.541. The number of hydrogen-bond donors (Lipinski definition) is 3. The van der Waals surface area contributed by atoms with Crippen LogP contribution < -0.4 is 10.6 Å². The summed E-state index contributed by atoms with van der Waals surface area (Å²) in [6.45, 7) is 2.04.